The number of furan rings is 1. The van der Waals surface area contributed by atoms with Crippen molar-refractivity contribution in [2.24, 2.45) is 0 Å². The lowest BCUT2D eigenvalue weighted by molar-refractivity contribution is -0.116. The predicted molar refractivity (Wildman–Crippen MR) is 81.8 cm³/mol. The van der Waals surface area contributed by atoms with Crippen molar-refractivity contribution in [3.05, 3.63) is 51.7 Å². The summed E-state index contributed by atoms with van der Waals surface area (Å²) in [6.45, 7) is 0. The molecule has 1 amide bonds. The van der Waals surface area contributed by atoms with Crippen molar-refractivity contribution in [3.63, 3.8) is 0 Å². The van der Waals surface area contributed by atoms with E-state index in [9.17, 15) is 4.79 Å². The molecule has 6 heteroatoms. The molecule has 0 saturated heterocycles. The minimum atomic E-state index is -0.476. The summed E-state index contributed by atoms with van der Waals surface area (Å²) in [5, 5.41) is 12.3. The molecule has 0 unspecified atom stereocenters. The van der Waals surface area contributed by atoms with Gasteiger partial charge < -0.3 is 9.73 Å². The van der Waals surface area contributed by atoms with Gasteiger partial charge >= 0.3 is 0 Å². The van der Waals surface area contributed by atoms with Crippen molar-refractivity contribution >= 4 is 35.2 Å². The van der Waals surface area contributed by atoms with Gasteiger partial charge in [0.05, 0.1) is 5.02 Å². The molecule has 2 aromatic rings. The number of nitrogens with zero attached hydrogens (tertiary/aromatic N) is 1. The van der Waals surface area contributed by atoms with E-state index in [1.807, 2.05) is 6.07 Å². The molecule has 0 fully saturated rings. The zero-order chi connectivity index (χ0) is 15.4. The van der Waals surface area contributed by atoms with E-state index < -0.39 is 5.91 Å². The molecule has 1 aromatic carbocycles. The summed E-state index contributed by atoms with van der Waals surface area (Å²) >= 11 is 12.0. The number of rotatable bonds is 3. The molecule has 1 aromatic heterocycles. The smallest absolute Gasteiger partial charge is 0.261 e. The van der Waals surface area contributed by atoms with E-state index in [1.165, 1.54) is 13.1 Å². The molecule has 21 heavy (non-hydrogen) atoms. The first-order valence-corrected chi connectivity index (χ1v) is 6.70. The van der Waals surface area contributed by atoms with Gasteiger partial charge in [-0.25, -0.2) is 0 Å². The molecule has 0 aliphatic carbocycles. The van der Waals surface area contributed by atoms with Crippen LogP contribution in [0.15, 0.2) is 40.3 Å². The quantitative estimate of drug-likeness (QED) is 0.688. The summed E-state index contributed by atoms with van der Waals surface area (Å²) in [5.74, 6) is 0.403. The first kappa shape index (κ1) is 15.2. The number of amides is 1. The lowest BCUT2D eigenvalue weighted by Gasteiger charge is -2.01. The van der Waals surface area contributed by atoms with E-state index >= 15 is 0 Å². The maximum Gasteiger partial charge on any atom is 0.261 e. The lowest BCUT2D eigenvalue weighted by atomic mass is 10.2. The van der Waals surface area contributed by atoms with E-state index in [1.54, 1.807) is 30.3 Å². The van der Waals surface area contributed by atoms with Gasteiger partial charge in [-0.2, -0.15) is 5.26 Å². The van der Waals surface area contributed by atoms with Crippen LogP contribution >= 0.6 is 23.2 Å². The van der Waals surface area contributed by atoms with Gasteiger partial charge in [0.2, 0.25) is 0 Å². The number of carbonyl (C=O) groups excluding carboxylic acids is 1. The van der Waals surface area contributed by atoms with E-state index in [0.717, 1.165) is 0 Å². The molecule has 0 spiro atoms. The summed E-state index contributed by atoms with van der Waals surface area (Å²) in [6.07, 6.45) is 1.36. The Morgan fingerprint density at radius 3 is 2.76 bits per heavy atom. The molecule has 0 saturated carbocycles. The van der Waals surface area contributed by atoms with Gasteiger partial charge in [-0.3, -0.25) is 4.79 Å². The fourth-order valence-corrected chi connectivity index (χ4v) is 2.07. The SMILES string of the molecule is CNC(=O)/C(C#N)=C/c1ccc(-c2cc(Cl)ccc2Cl)o1. The van der Waals surface area contributed by atoms with Gasteiger partial charge in [-0.1, -0.05) is 23.2 Å². The van der Waals surface area contributed by atoms with Gasteiger partial charge in [0.15, 0.2) is 0 Å². The highest BCUT2D eigenvalue weighted by Crippen LogP contribution is 2.32. The molecule has 0 atom stereocenters. The van der Waals surface area contributed by atoms with Gasteiger partial charge in [0.25, 0.3) is 5.91 Å². The van der Waals surface area contributed by atoms with Crippen molar-refractivity contribution in [2.75, 3.05) is 7.05 Å². The highest BCUT2D eigenvalue weighted by Gasteiger charge is 2.11. The average Bonchev–Trinajstić information content (AvgIpc) is 2.94. The van der Waals surface area contributed by atoms with Crippen LogP contribution < -0.4 is 5.32 Å². The Kier molecular flexibility index (Phi) is 4.69. The van der Waals surface area contributed by atoms with Crippen molar-refractivity contribution in [1.29, 1.82) is 5.26 Å². The normalized spacial score (nSPS) is 11.0. The van der Waals surface area contributed by atoms with Gasteiger partial charge in [0, 0.05) is 23.7 Å². The molecule has 0 aliphatic rings. The Morgan fingerprint density at radius 1 is 1.33 bits per heavy atom. The van der Waals surface area contributed by atoms with E-state index in [4.69, 9.17) is 32.9 Å². The number of likely N-dealkylation sites (N-methyl/N-ethyl adjacent to an activating group) is 1. The molecule has 0 bridgehead atoms. The average molecular weight is 321 g/mol. The Morgan fingerprint density at radius 2 is 2.10 bits per heavy atom. The van der Waals surface area contributed by atoms with Crippen LogP contribution in [0.1, 0.15) is 5.76 Å². The van der Waals surface area contributed by atoms with Crippen LogP contribution in [0.5, 0.6) is 0 Å². The number of carbonyl (C=O) groups is 1. The summed E-state index contributed by atoms with van der Waals surface area (Å²) in [7, 11) is 1.45. The van der Waals surface area contributed by atoms with Crippen LogP contribution in [0.25, 0.3) is 17.4 Å². The van der Waals surface area contributed by atoms with Gasteiger partial charge in [-0.15, -0.1) is 0 Å². The van der Waals surface area contributed by atoms with Crippen molar-refractivity contribution in [2.45, 2.75) is 0 Å². The van der Waals surface area contributed by atoms with Crippen LogP contribution in [0.4, 0.5) is 0 Å². The van der Waals surface area contributed by atoms with E-state index in [2.05, 4.69) is 5.32 Å². The van der Waals surface area contributed by atoms with E-state index in [0.29, 0.717) is 27.1 Å². The standard InChI is InChI=1S/C15H10Cl2N2O2/c1-19-15(20)9(8-18)6-11-3-5-14(21-11)12-7-10(16)2-4-13(12)17/h2-7H,1H3,(H,19,20)/b9-6+. The topological polar surface area (TPSA) is 66.0 Å². The molecular formula is C15H10Cl2N2O2. The summed E-state index contributed by atoms with van der Waals surface area (Å²) in [4.78, 5) is 11.4. The highest BCUT2D eigenvalue weighted by atomic mass is 35.5. The van der Waals surface area contributed by atoms with Crippen LogP contribution in [-0.4, -0.2) is 13.0 Å². The first-order chi connectivity index (χ1) is 10.0. The van der Waals surface area contributed by atoms with Gasteiger partial charge in [-0.05, 0) is 30.3 Å². The largest absolute Gasteiger partial charge is 0.457 e. The molecular weight excluding hydrogens is 311 g/mol. The van der Waals surface area contributed by atoms with Crippen LogP contribution in [0.2, 0.25) is 10.0 Å². The van der Waals surface area contributed by atoms with Crippen molar-refractivity contribution in [1.82, 2.24) is 5.32 Å². The molecule has 2 rings (SSSR count). The molecule has 0 radical (unpaired) electrons. The monoisotopic (exact) mass is 320 g/mol. The second-order valence-corrected chi connectivity index (χ2v) is 4.92. The fourth-order valence-electron chi connectivity index (χ4n) is 1.69. The number of nitriles is 1. The zero-order valence-electron chi connectivity index (χ0n) is 11.0. The molecule has 4 nitrogen and oxygen atoms in total. The Balaban J connectivity index is 2.39. The van der Waals surface area contributed by atoms with Crippen LogP contribution in [0, 0.1) is 11.3 Å². The third-order valence-corrected chi connectivity index (χ3v) is 3.26. The van der Waals surface area contributed by atoms with Crippen molar-refractivity contribution < 1.29 is 9.21 Å². The zero-order valence-corrected chi connectivity index (χ0v) is 12.5. The first-order valence-electron chi connectivity index (χ1n) is 5.94. The highest BCUT2D eigenvalue weighted by molar-refractivity contribution is 6.35. The number of benzene rings is 1. The maximum absolute atomic E-state index is 11.4. The molecule has 1 N–H and O–H groups in total. The predicted octanol–water partition coefficient (Wildman–Crippen LogP) is 3.91. The lowest BCUT2D eigenvalue weighted by Crippen LogP contribution is -2.18. The molecule has 1 heterocycles. The Labute approximate surface area is 131 Å². The number of nitrogens with one attached hydrogen (secondary N) is 1. The summed E-state index contributed by atoms with van der Waals surface area (Å²) in [6, 6.07) is 10.2. The fraction of sp³-hybridized carbons (Fsp3) is 0.0667. The third-order valence-electron chi connectivity index (χ3n) is 2.70. The molecule has 106 valence electrons. The van der Waals surface area contributed by atoms with Crippen LogP contribution in [-0.2, 0) is 4.79 Å². The minimum Gasteiger partial charge on any atom is -0.457 e. The number of hydrogen-bond acceptors (Lipinski definition) is 3. The number of hydrogen-bond donors (Lipinski definition) is 1. The second-order valence-electron chi connectivity index (χ2n) is 4.08. The minimum absolute atomic E-state index is 0.0457. The second kappa shape index (κ2) is 6.49. The summed E-state index contributed by atoms with van der Waals surface area (Å²) in [5.41, 5.74) is 0.595. The Hall–Kier alpha value is -2.22. The van der Waals surface area contributed by atoms with E-state index in [-0.39, 0.29) is 5.57 Å². The Bertz CT molecular complexity index is 757. The number of halogens is 2. The van der Waals surface area contributed by atoms with Gasteiger partial charge in [0.1, 0.15) is 23.2 Å². The van der Waals surface area contributed by atoms with Crippen LogP contribution in [0.3, 0.4) is 0 Å². The van der Waals surface area contributed by atoms with Crippen molar-refractivity contribution in [3.8, 4) is 17.4 Å². The maximum atomic E-state index is 11.4. The summed E-state index contributed by atoms with van der Waals surface area (Å²) < 4.78 is 5.58. The third kappa shape index (κ3) is 3.46. The molecule has 0 aliphatic heterocycles.